The molecule has 1 aromatic heterocycles. The lowest BCUT2D eigenvalue weighted by molar-refractivity contribution is -0.146. The zero-order valence-corrected chi connectivity index (χ0v) is 27.6. The number of hydrogen-bond donors (Lipinski definition) is 5. The van der Waals surface area contributed by atoms with Crippen molar-refractivity contribution in [3.8, 4) is 6.07 Å². The van der Waals surface area contributed by atoms with E-state index in [0.717, 1.165) is 12.1 Å². The average molecular weight is 712 g/mol. The molecule has 0 spiro atoms. The molecule has 4 heterocycles. The second-order valence-electron chi connectivity index (χ2n) is 13.2. The molecule has 0 aliphatic carbocycles. The van der Waals surface area contributed by atoms with Crippen LogP contribution in [-0.2, 0) is 19.8 Å². The highest BCUT2D eigenvalue weighted by atomic mass is 31.2. The summed E-state index contributed by atoms with van der Waals surface area (Å²) in [6.45, 7) is 0.222. The van der Waals surface area contributed by atoms with Crippen molar-refractivity contribution in [1.29, 1.82) is 5.26 Å². The van der Waals surface area contributed by atoms with E-state index in [0.29, 0.717) is 36.6 Å². The maximum Gasteiger partial charge on any atom is 0.399 e. The number of amides is 3. The molecular weight excluding hydrogens is 675 g/mol. The molecule has 3 aromatic rings. The summed E-state index contributed by atoms with van der Waals surface area (Å²) in [5.74, 6) is -2.70. The van der Waals surface area contributed by atoms with Crippen LogP contribution in [0, 0.1) is 17.2 Å². The third-order valence-electron chi connectivity index (χ3n) is 10.1. The van der Waals surface area contributed by atoms with Crippen LogP contribution >= 0.6 is 7.60 Å². The van der Waals surface area contributed by atoms with Crippen LogP contribution in [0.2, 0.25) is 0 Å². The molecular formula is C34H36F2N5O8P. The molecule has 264 valence electrons. The van der Waals surface area contributed by atoms with E-state index in [2.05, 4.69) is 16.4 Å². The Labute approximate surface area is 285 Å². The number of rotatable bonds is 6. The van der Waals surface area contributed by atoms with Crippen LogP contribution in [0.15, 0.2) is 59.5 Å². The Balaban J connectivity index is 1.24. The molecule has 3 aliphatic rings. The van der Waals surface area contributed by atoms with E-state index in [9.17, 15) is 42.9 Å². The van der Waals surface area contributed by atoms with E-state index in [4.69, 9.17) is 9.79 Å². The minimum absolute atomic E-state index is 0.0119. The number of aromatic nitrogens is 1. The molecule has 6 atom stereocenters. The second kappa shape index (κ2) is 13.7. The number of aliphatic hydroxyl groups is 1. The van der Waals surface area contributed by atoms with Gasteiger partial charge in [-0.3, -0.25) is 23.7 Å². The van der Waals surface area contributed by atoms with Gasteiger partial charge in [-0.15, -0.1) is 0 Å². The Morgan fingerprint density at radius 1 is 1.00 bits per heavy atom. The van der Waals surface area contributed by atoms with Gasteiger partial charge in [-0.25, -0.2) is 0 Å². The van der Waals surface area contributed by atoms with E-state index >= 15 is 0 Å². The quantitative estimate of drug-likeness (QED) is 0.238. The third kappa shape index (κ3) is 6.68. The fourth-order valence-corrected chi connectivity index (χ4v) is 7.92. The molecule has 0 unspecified atom stereocenters. The number of fused-ring (bicyclic) bond motifs is 2. The molecule has 50 heavy (non-hydrogen) atoms. The summed E-state index contributed by atoms with van der Waals surface area (Å²) in [4.78, 5) is 77.6. The number of pyridine rings is 1. The molecule has 3 fully saturated rings. The highest BCUT2D eigenvalue weighted by Gasteiger charge is 2.51. The van der Waals surface area contributed by atoms with Crippen LogP contribution in [0.4, 0.5) is 8.78 Å². The fourth-order valence-electron chi connectivity index (χ4n) is 7.44. The van der Waals surface area contributed by atoms with Crippen LogP contribution in [0.1, 0.15) is 65.9 Å². The van der Waals surface area contributed by atoms with E-state index < -0.39 is 72.6 Å². The molecule has 16 heteroatoms. The van der Waals surface area contributed by atoms with Crippen LogP contribution in [0.5, 0.6) is 0 Å². The van der Waals surface area contributed by atoms with Gasteiger partial charge in [-0.2, -0.15) is 14.0 Å². The maximum atomic E-state index is 14.4. The Morgan fingerprint density at radius 3 is 2.46 bits per heavy atom. The molecule has 13 nitrogen and oxygen atoms in total. The molecule has 2 aromatic carbocycles. The number of H-pyrrole nitrogens is 1. The van der Waals surface area contributed by atoms with Gasteiger partial charge in [0.25, 0.3) is 5.91 Å². The van der Waals surface area contributed by atoms with Crippen LogP contribution in [0.3, 0.4) is 0 Å². The van der Waals surface area contributed by atoms with Crippen molar-refractivity contribution in [2.75, 3.05) is 13.1 Å². The van der Waals surface area contributed by atoms with E-state index in [1.165, 1.54) is 46.3 Å². The molecule has 6 rings (SSSR count). The summed E-state index contributed by atoms with van der Waals surface area (Å²) in [5.41, 5.74) is -5.07. The molecule has 3 amide bonds. The molecule has 0 saturated carbocycles. The lowest BCUT2D eigenvalue weighted by atomic mass is 9.91. The van der Waals surface area contributed by atoms with Crippen molar-refractivity contribution in [3.05, 3.63) is 81.8 Å². The van der Waals surface area contributed by atoms with Crippen LogP contribution < -0.4 is 10.9 Å². The molecule has 0 bridgehead atoms. The number of aliphatic hydroxyl groups excluding tert-OH is 1. The largest absolute Gasteiger partial charge is 0.399 e. The summed E-state index contributed by atoms with van der Waals surface area (Å²) >= 11 is 0. The average Bonchev–Trinajstić information content (AvgIpc) is 3.68. The van der Waals surface area contributed by atoms with Gasteiger partial charge in [0.1, 0.15) is 12.1 Å². The normalized spacial score (nSPS) is 26.1. The Kier molecular flexibility index (Phi) is 9.67. The van der Waals surface area contributed by atoms with Gasteiger partial charge in [0.15, 0.2) is 0 Å². The lowest BCUT2D eigenvalue weighted by Gasteiger charge is -2.34. The SMILES string of the molecule is N#C[C@@H]1CN(C(=O)[C@@H]2C[C@@H](O)[C@@H]3CCCCC[C@H](NC(=O)c4ccc5ccc(C(F)(F)P(=O)(O)O)cc5c4)C(=O)N23)C[C@H]1c1cc[nH]c(=O)c1. The van der Waals surface area contributed by atoms with Crippen molar-refractivity contribution >= 4 is 36.1 Å². The lowest BCUT2D eigenvalue weighted by Crippen LogP contribution is -2.56. The maximum absolute atomic E-state index is 14.4. The summed E-state index contributed by atoms with van der Waals surface area (Å²) < 4.78 is 40.3. The first kappa shape index (κ1) is 35.3. The first-order valence-electron chi connectivity index (χ1n) is 16.4. The first-order chi connectivity index (χ1) is 23.7. The number of alkyl halides is 2. The number of nitriles is 1. The summed E-state index contributed by atoms with van der Waals surface area (Å²) in [5, 5.41) is 24.3. The van der Waals surface area contributed by atoms with Gasteiger partial charge < -0.3 is 35.0 Å². The standard InChI is InChI=1S/C34H36F2N5O8P/c35-34(36,50(47,48)49)24-9-8-19-6-7-21(12-22(19)13-24)31(44)39-26-4-2-1-3-5-27-29(42)15-28(41(27)32(26)45)33(46)40-17-23(16-37)25(18-40)20-10-11-38-30(43)14-20/h6-14,23,25-29,42H,1-5,15,17-18H2,(H,38,43)(H,39,44)(H2,47,48,49)/t23-,25+,26+,27+,28+,29-/m1/s1. The molecule has 3 saturated heterocycles. The van der Waals surface area contributed by atoms with Crippen LogP contribution in [-0.4, -0.2) is 84.7 Å². The molecule has 3 aliphatic heterocycles. The van der Waals surface area contributed by atoms with Gasteiger partial charge in [-0.05, 0) is 53.4 Å². The Bertz CT molecular complexity index is 1980. The van der Waals surface area contributed by atoms with Gasteiger partial charge in [0.2, 0.25) is 17.4 Å². The van der Waals surface area contributed by atoms with Crippen molar-refractivity contribution < 1.29 is 42.6 Å². The van der Waals surface area contributed by atoms with E-state index in [-0.39, 0.29) is 42.4 Å². The minimum atomic E-state index is -5.83. The number of carbonyl (C=O) groups excluding carboxylic acids is 3. The number of carbonyl (C=O) groups is 3. The fraction of sp³-hybridized carbons (Fsp3) is 0.441. The Hall–Kier alpha value is -4.48. The van der Waals surface area contributed by atoms with Gasteiger partial charge in [0, 0.05) is 48.8 Å². The van der Waals surface area contributed by atoms with E-state index in [1.807, 2.05) is 0 Å². The predicted molar refractivity (Wildman–Crippen MR) is 175 cm³/mol. The van der Waals surface area contributed by atoms with E-state index in [1.54, 1.807) is 6.07 Å². The number of nitrogens with zero attached hydrogens (tertiary/aromatic N) is 3. The number of likely N-dealkylation sites (tertiary alicyclic amines) is 1. The Morgan fingerprint density at radius 2 is 1.74 bits per heavy atom. The minimum Gasteiger partial charge on any atom is -0.391 e. The highest BCUT2D eigenvalue weighted by Crippen LogP contribution is 2.59. The third-order valence-corrected chi connectivity index (χ3v) is 11.1. The smallest absolute Gasteiger partial charge is 0.391 e. The first-order valence-corrected chi connectivity index (χ1v) is 18.0. The van der Waals surface area contributed by atoms with Crippen molar-refractivity contribution in [2.45, 2.75) is 74.3 Å². The van der Waals surface area contributed by atoms with Crippen molar-refractivity contribution in [2.24, 2.45) is 5.92 Å². The predicted octanol–water partition coefficient (Wildman–Crippen LogP) is 2.91. The van der Waals surface area contributed by atoms with Crippen molar-refractivity contribution in [3.63, 3.8) is 0 Å². The number of hydrogen-bond acceptors (Lipinski definition) is 7. The van der Waals surface area contributed by atoms with Gasteiger partial charge in [-0.1, -0.05) is 37.5 Å². The monoisotopic (exact) mass is 711 g/mol. The molecule has 5 N–H and O–H groups in total. The molecule has 0 radical (unpaired) electrons. The number of nitrogens with one attached hydrogen (secondary N) is 2. The summed E-state index contributed by atoms with van der Waals surface area (Å²) in [6, 6.07) is 9.76. The topological polar surface area (TPSA) is 204 Å². The second-order valence-corrected chi connectivity index (χ2v) is 14.9. The van der Waals surface area contributed by atoms with Gasteiger partial charge >= 0.3 is 13.3 Å². The number of halogens is 2. The van der Waals surface area contributed by atoms with Crippen LogP contribution in [0.25, 0.3) is 10.8 Å². The highest BCUT2D eigenvalue weighted by molar-refractivity contribution is 7.52. The summed E-state index contributed by atoms with van der Waals surface area (Å²) in [7, 11) is -5.83. The zero-order valence-electron chi connectivity index (χ0n) is 26.7. The van der Waals surface area contributed by atoms with Gasteiger partial charge in [0.05, 0.1) is 24.1 Å². The number of aromatic amines is 1. The summed E-state index contributed by atoms with van der Waals surface area (Å²) in [6.07, 6.45) is 3.08. The zero-order chi connectivity index (χ0) is 36.0. The van der Waals surface area contributed by atoms with Crippen molar-refractivity contribution in [1.82, 2.24) is 20.1 Å². The number of benzene rings is 2.